The Balaban J connectivity index is 0.00000121. The van der Waals surface area contributed by atoms with E-state index in [1.54, 1.807) is 7.11 Å². The first-order valence-corrected chi connectivity index (χ1v) is 9.37. The van der Waals surface area contributed by atoms with Gasteiger partial charge in [-0.2, -0.15) is 0 Å². The Morgan fingerprint density at radius 2 is 1.62 bits per heavy atom. The van der Waals surface area contributed by atoms with E-state index in [-0.39, 0.29) is 24.8 Å². The maximum absolute atomic E-state index is 5.36. The van der Waals surface area contributed by atoms with Gasteiger partial charge in [0.25, 0.3) is 0 Å². The van der Waals surface area contributed by atoms with Gasteiger partial charge in [-0.05, 0) is 53.3 Å². The topological polar surface area (TPSA) is 24.5 Å². The Labute approximate surface area is 169 Å². The predicted octanol–water partition coefficient (Wildman–Crippen LogP) is 4.83. The van der Waals surface area contributed by atoms with Gasteiger partial charge in [-0.15, -0.1) is 24.8 Å². The molecule has 1 saturated carbocycles. The van der Waals surface area contributed by atoms with Crippen LogP contribution in [-0.4, -0.2) is 38.2 Å². The lowest BCUT2D eigenvalue weighted by molar-refractivity contribution is 0.125. The van der Waals surface area contributed by atoms with Gasteiger partial charge in [-0.3, -0.25) is 4.90 Å². The maximum Gasteiger partial charge on any atom is 0.119 e. The van der Waals surface area contributed by atoms with Crippen LogP contribution in [0.5, 0.6) is 5.75 Å². The van der Waals surface area contributed by atoms with Crippen LogP contribution in [0.1, 0.15) is 37.3 Å². The molecule has 0 spiro atoms. The predicted molar refractivity (Wildman–Crippen MR) is 114 cm³/mol. The highest BCUT2D eigenvalue weighted by Gasteiger charge is 2.31. The van der Waals surface area contributed by atoms with Crippen molar-refractivity contribution in [2.45, 2.75) is 31.7 Å². The third kappa shape index (κ3) is 4.45. The Morgan fingerprint density at radius 3 is 2.31 bits per heavy atom. The van der Waals surface area contributed by atoms with Crippen LogP contribution in [0.3, 0.4) is 0 Å². The zero-order valence-electron chi connectivity index (χ0n) is 15.4. The number of halogens is 2. The van der Waals surface area contributed by atoms with Gasteiger partial charge < -0.3 is 10.1 Å². The number of ether oxygens (including phenoxy) is 1. The van der Waals surface area contributed by atoms with Crippen LogP contribution in [-0.2, 0) is 0 Å². The number of rotatable bonds is 4. The second kappa shape index (κ2) is 9.80. The lowest BCUT2D eigenvalue weighted by atomic mass is 9.88. The van der Waals surface area contributed by atoms with Crippen LogP contribution in [0.4, 0.5) is 0 Å². The molecule has 2 aromatic carbocycles. The molecule has 0 unspecified atom stereocenters. The van der Waals surface area contributed by atoms with Crippen molar-refractivity contribution in [1.29, 1.82) is 0 Å². The highest BCUT2D eigenvalue weighted by atomic mass is 35.5. The van der Waals surface area contributed by atoms with Crippen molar-refractivity contribution in [3.63, 3.8) is 0 Å². The molecule has 1 aliphatic carbocycles. The van der Waals surface area contributed by atoms with Gasteiger partial charge in [0.15, 0.2) is 0 Å². The van der Waals surface area contributed by atoms with E-state index in [4.69, 9.17) is 4.74 Å². The summed E-state index contributed by atoms with van der Waals surface area (Å²) in [5.41, 5.74) is 1.50. The van der Waals surface area contributed by atoms with E-state index in [0.29, 0.717) is 6.04 Å². The number of piperazine rings is 1. The van der Waals surface area contributed by atoms with Crippen LogP contribution in [0.2, 0.25) is 0 Å². The largest absolute Gasteiger partial charge is 0.497 e. The molecule has 1 saturated heterocycles. The highest BCUT2D eigenvalue weighted by molar-refractivity contribution is 5.86. The number of fused-ring (bicyclic) bond motifs is 1. The fourth-order valence-corrected chi connectivity index (χ4v) is 4.57. The molecular weight excluding hydrogens is 367 g/mol. The summed E-state index contributed by atoms with van der Waals surface area (Å²) in [6.45, 7) is 4.58. The van der Waals surface area contributed by atoms with E-state index in [9.17, 15) is 0 Å². The summed E-state index contributed by atoms with van der Waals surface area (Å²) >= 11 is 0. The molecule has 0 radical (unpaired) electrons. The van der Waals surface area contributed by atoms with Gasteiger partial charge in [0.05, 0.1) is 7.11 Å². The standard InChI is InChI=1S/C21H28N2O.2ClH/c1-24-20-9-8-17-14-19(7-6-18(17)15-20)21(16-4-2-3-5-16)23-12-10-22-11-13-23;;/h6-9,14-16,21-22H,2-5,10-13H2,1H3;2*1H/t21-;;/m0../s1. The summed E-state index contributed by atoms with van der Waals surface area (Å²) < 4.78 is 5.36. The Hall–Kier alpha value is -1.000. The monoisotopic (exact) mass is 396 g/mol. The van der Waals surface area contributed by atoms with E-state index in [1.807, 2.05) is 0 Å². The van der Waals surface area contributed by atoms with E-state index < -0.39 is 0 Å². The third-order valence-electron chi connectivity index (χ3n) is 5.80. The average Bonchev–Trinajstić information content (AvgIpc) is 3.16. The molecule has 2 fully saturated rings. The fourth-order valence-electron chi connectivity index (χ4n) is 4.57. The van der Waals surface area contributed by atoms with Crippen molar-refractivity contribution >= 4 is 35.6 Å². The van der Waals surface area contributed by atoms with Crippen molar-refractivity contribution < 1.29 is 4.74 Å². The lowest BCUT2D eigenvalue weighted by Gasteiger charge is -2.38. The maximum atomic E-state index is 5.36. The molecule has 4 rings (SSSR count). The van der Waals surface area contributed by atoms with Gasteiger partial charge in [-0.1, -0.05) is 31.0 Å². The number of nitrogens with zero attached hydrogens (tertiary/aromatic N) is 1. The summed E-state index contributed by atoms with van der Waals surface area (Å²) in [6, 6.07) is 14.0. The highest BCUT2D eigenvalue weighted by Crippen LogP contribution is 2.40. The fraction of sp³-hybridized carbons (Fsp3) is 0.524. The molecule has 5 heteroatoms. The molecule has 1 N–H and O–H groups in total. The van der Waals surface area contributed by atoms with Gasteiger partial charge in [-0.25, -0.2) is 0 Å². The summed E-state index contributed by atoms with van der Waals surface area (Å²) in [7, 11) is 1.73. The molecule has 2 aliphatic rings. The summed E-state index contributed by atoms with van der Waals surface area (Å²) in [6.07, 6.45) is 5.57. The van der Waals surface area contributed by atoms with Crippen molar-refractivity contribution in [1.82, 2.24) is 10.2 Å². The molecule has 3 nitrogen and oxygen atoms in total. The van der Waals surface area contributed by atoms with Crippen LogP contribution in [0.15, 0.2) is 36.4 Å². The van der Waals surface area contributed by atoms with Crippen LogP contribution in [0.25, 0.3) is 10.8 Å². The number of nitrogens with one attached hydrogen (secondary N) is 1. The summed E-state index contributed by atoms with van der Waals surface area (Å²) in [5, 5.41) is 6.09. The van der Waals surface area contributed by atoms with Crippen LogP contribution < -0.4 is 10.1 Å². The second-order valence-corrected chi connectivity index (χ2v) is 7.25. The first-order chi connectivity index (χ1) is 11.8. The lowest BCUT2D eigenvalue weighted by Crippen LogP contribution is -2.46. The minimum absolute atomic E-state index is 0. The minimum atomic E-state index is 0. The van der Waals surface area contributed by atoms with Gasteiger partial charge in [0.1, 0.15) is 5.75 Å². The van der Waals surface area contributed by atoms with Crippen molar-refractivity contribution in [2.75, 3.05) is 33.3 Å². The number of methoxy groups -OCH3 is 1. The smallest absolute Gasteiger partial charge is 0.119 e. The molecule has 0 amide bonds. The molecule has 2 aromatic rings. The first kappa shape index (κ1) is 21.3. The number of hydrogen-bond acceptors (Lipinski definition) is 3. The zero-order chi connectivity index (χ0) is 16.4. The molecular formula is C21H30Cl2N2O. The van der Waals surface area contributed by atoms with E-state index in [1.165, 1.54) is 55.1 Å². The van der Waals surface area contributed by atoms with E-state index in [0.717, 1.165) is 24.8 Å². The normalized spacial score (nSPS) is 19.6. The zero-order valence-corrected chi connectivity index (χ0v) is 17.1. The SMILES string of the molecule is COc1ccc2cc([C@H](C3CCCC3)N3CCNCC3)ccc2c1.Cl.Cl. The van der Waals surface area contributed by atoms with E-state index in [2.05, 4.69) is 46.6 Å². The Bertz CT molecular complexity index is 697. The summed E-state index contributed by atoms with van der Waals surface area (Å²) in [4.78, 5) is 2.72. The quantitative estimate of drug-likeness (QED) is 0.800. The Morgan fingerprint density at radius 1 is 0.962 bits per heavy atom. The molecule has 1 heterocycles. The van der Waals surface area contributed by atoms with Crippen molar-refractivity contribution in [2.24, 2.45) is 5.92 Å². The molecule has 0 aromatic heterocycles. The van der Waals surface area contributed by atoms with Gasteiger partial charge in [0, 0.05) is 32.2 Å². The van der Waals surface area contributed by atoms with Crippen LogP contribution in [0, 0.1) is 5.92 Å². The second-order valence-electron chi connectivity index (χ2n) is 7.25. The van der Waals surface area contributed by atoms with Crippen LogP contribution >= 0.6 is 24.8 Å². The van der Waals surface area contributed by atoms with Crippen molar-refractivity contribution in [3.05, 3.63) is 42.0 Å². The number of benzene rings is 2. The third-order valence-corrected chi connectivity index (χ3v) is 5.80. The number of hydrogen-bond donors (Lipinski definition) is 1. The first-order valence-electron chi connectivity index (χ1n) is 9.37. The average molecular weight is 397 g/mol. The molecule has 26 heavy (non-hydrogen) atoms. The minimum Gasteiger partial charge on any atom is -0.497 e. The van der Waals surface area contributed by atoms with E-state index >= 15 is 0 Å². The van der Waals surface area contributed by atoms with Crippen molar-refractivity contribution in [3.8, 4) is 5.75 Å². The van der Waals surface area contributed by atoms with Gasteiger partial charge in [0.2, 0.25) is 0 Å². The molecule has 1 atom stereocenters. The molecule has 1 aliphatic heterocycles. The molecule has 144 valence electrons. The molecule has 0 bridgehead atoms. The van der Waals surface area contributed by atoms with Gasteiger partial charge >= 0.3 is 0 Å². The summed E-state index contributed by atoms with van der Waals surface area (Å²) in [5.74, 6) is 1.75. The Kier molecular flexibility index (Phi) is 8.03.